The first-order valence-electron chi connectivity index (χ1n) is 15.9. The molecule has 3 saturated heterocycles. The summed E-state index contributed by atoms with van der Waals surface area (Å²) in [6.07, 6.45) is 5.03. The van der Waals surface area contributed by atoms with Crippen molar-refractivity contribution in [1.29, 1.82) is 0 Å². The number of halogens is 2. The van der Waals surface area contributed by atoms with Gasteiger partial charge in [-0.1, -0.05) is 65.7 Å². The molecule has 2 bridgehead atoms. The van der Waals surface area contributed by atoms with Gasteiger partial charge in [0, 0.05) is 30.5 Å². The van der Waals surface area contributed by atoms with Crippen LogP contribution in [0.15, 0.2) is 79.1 Å². The first-order valence-corrected chi connectivity index (χ1v) is 16.6. The van der Waals surface area contributed by atoms with Gasteiger partial charge < -0.3 is 24.6 Å². The lowest BCUT2D eigenvalue weighted by atomic mass is 9.82. The number of esters is 1. The molecule has 3 aromatic carbocycles. The Hall–Kier alpha value is -4.31. The minimum atomic E-state index is -1.13. The third-order valence-electron chi connectivity index (χ3n) is 9.39. The summed E-state index contributed by atoms with van der Waals surface area (Å²) in [6.45, 7) is 2.76. The van der Waals surface area contributed by atoms with E-state index >= 15 is 0 Å². The molecule has 3 atom stereocenters. The van der Waals surface area contributed by atoms with E-state index in [0.29, 0.717) is 56.4 Å². The number of nitrogens with one attached hydrogen (secondary N) is 1. The summed E-state index contributed by atoms with van der Waals surface area (Å²) in [6, 6.07) is 18.8. The monoisotopic (exact) mass is 689 g/mol. The highest BCUT2D eigenvalue weighted by molar-refractivity contribution is 6.35. The third-order valence-corrected chi connectivity index (χ3v) is 10.0. The number of piperidine rings is 3. The number of carbonyl (C=O) groups excluding carboxylic acids is 1. The summed E-state index contributed by atoms with van der Waals surface area (Å²) in [4.78, 5) is 33.5. The molecule has 4 heterocycles. The van der Waals surface area contributed by atoms with Crippen molar-refractivity contribution < 1.29 is 28.9 Å². The molecule has 2 N–H and O–H groups in total. The van der Waals surface area contributed by atoms with Crippen molar-refractivity contribution in [2.45, 2.75) is 37.3 Å². The molecule has 0 spiro atoms. The van der Waals surface area contributed by atoms with Crippen LogP contribution in [-0.4, -0.2) is 66.9 Å². The van der Waals surface area contributed by atoms with Gasteiger partial charge in [-0.05, 0) is 84.8 Å². The minimum Gasteiger partial charge on any atom is -0.493 e. The second kappa shape index (κ2) is 14.8. The molecule has 3 aliphatic rings. The number of ether oxygens (including phenoxy) is 3. The Morgan fingerprint density at radius 2 is 1.65 bits per heavy atom. The predicted octanol–water partition coefficient (Wildman–Crippen LogP) is 7.27. The Morgan fingerprint density at radius 3 is 2.27 bits per heavy atom. The fourth-order valence-corrected chi connectivity index (χ4v) is 7.41. The van der Waals surface area contributed by atoms with Gasteiger partial charge in [0.05, 0.1) is 29.8 Å². The van der Waals surface area contributed by atoms with Gasteiger partial charge in [-0.15, -0.1) is 0 Å². The molecule has 0 aliphatic carbocycles. The second-order valence-electron chi connectivity index (χ2n) is 12.1. The van der Waals surface area contributed by atoms with Crippen molar-refractivity contribution in [3.63, 3.8) is 0 Å². The van der Waals surface area contributed by atoms with Crippen molar-refractivity contribution in [2.75, 3.05) is 39.2 Å². The van der Waals surface area contributed by atoms with Gasteiger partial charge in [0.2, 0.25) is 0 Å². The maximum absolute atomic E-state index is 14.1. The van der Waals surface area contributed by atoms with Crippen LogP contribution in [0, 0.1) is 5.92 Å². The van der Waals surface area contributed by atoms with E-state index in [1.54, 1.807) is 31.4 Å². The van der Waals surface area contributed by atoms with Crippen LogP contribution in [0.5, 0.6) is 11.5 Å². The van der Waals surface area contributed by atoms with Crippen molar-refractivity contribution in [1.82, 2.24) is 9.88 Å². The van der Waals surface area contributed by atoms with Gasteiger partial charge in [0.1, 0.15) is 6.10 Å². The number of aromatic nitrogens is 1. The van der Waals surface area contributed by atoms with Crippen LogP contribution in [0.25, 0.3) is 0 Å². The fraction of sp³-hybridized carbons (Fsp3) is 0.324. The summed E-state index contributed by atoms with van der Waals surface area (Å²) in [5.41, 5.74) is 2.96. The SMILES string of the molecule is COc1ccc([C@H](Cc2c(Cl)cncc2Cl)c2c(NC(C(=O)O[C@H]3CN4CCC3CC4)c3ccccc3)cccc2C(=O)O)cc1OC. The summed E-state index contributed by atoms with van der Waals surface area (Å²) >= 11 is 13.3. The normalized spacial score (nSPS) is 19.6. The quantitative estimate of drug-likeness (QED) is 0.148. The molecular weight excluding hydrogens is 653 g/mol. The van der Waals surface area contributed by atoms with E-state index in [0.717, 1.165) is 31.5 Å². The molecular formula is C37H37Cl2N3O6. The Bertz CT molecular complexity index is 1760. The van der Waals surface area contributed by atoms with Crippen molar-refractivity contribution in [3.8, 4) is 11.5 Å². The maximum Gasteiger partial charge on any atom is 0.336 e. The van der Waals surface area contributed by atoms with E-state index in [-0.39, 0.29) is 18.1 Å². The zero-order chi connectivity index (χ0) is 33.8. The van der Waals surface area contributed by atoms with Gasteiger partial charge in [-0.25, -0.2) is 9.59 Å². The van der Waals surface area contributed by atoms with Crippen LogP contribution in [-0.2, 0) is 16.0 Å². The number of hydrogen-bond donors (Lipinski definition) is 2. The van der Waals surface area contributed by atoms with E-state index in [2.05, 4.69) is 15.2 Å². The third kappa shape index (κ3) is 7.09. The second-order valence-corrected chi connectivity index (χ2v) is 12.9. The average Bonchev–Trinajstić information content (AvgIpc) is 3.11. The fourth-order valence-electron chi connectivity index (χ4n) is 6.89. The van der Waals surface area contributed by atoms with Crippen molar-refractivity contribution >= 4 is 40.8 Å². The molecule has 48 heavy (non-hydrogen) atoms. The van der Waals surface area contributed by atoms with Gasteiger partial charge in [0.25, 0.3) is 0 Å². The summed E-state index contributed by atoms with van der Waals surface area (Å²) in [7, 11) is 3.09. The Balaban J connectivity index is 1.47. The molecule has 9 nitrogen and oxygen atoms in total. The smallest absolute Gasteiger partial charge is 0.336 e. The number of nitrogens with zero attached hydrogens (tertiary/aromatic N) is 2. The highest BCUT2D eigenvalue weighted by Crippen LogP contribution is 2.42. The van der Waals surface area contributed by atoms with Crippen LogP contribution in [0.1, 0.15) is 57.4 Å². The number of benzene rings is 3. The number of fused-ring (bicyclic) bond motifs is 3. The summed E-state index contributed by atoms with van der Waals surface area (Å²) < 4.78 is 17.4. The Morgan fingerprint density at radius 1 is 0.938 bits per heavy atom. The number of rotatable bonds is 12. The number of aromatic carboxylic acids is 1. The summed E-state index contributed by atoms with van der Waals surface area (Å²) in [5.74, 6) is -0.856. The van der Waals surface area contributed by atoms with E-state index in [4.69, 9.17) is 37.4 Å². The van der Waals surface area contributed by atoms with Crippen LogP contribution in [0.4, 0.5) is 5.69 Å². The number of hydrogen-bond acceptors (Lipinski definition) is 8. The van der Waals surface area contributed by atoms with Gasteiger partial charge in [-0.2, -0.15) is 0 Å². The van der Waals surface area contributed by atoms with Crippen molar-refractivity contribution in [3.05, 3.63) is 117 Å². The number of pyridine rings is 1. The maximum atomic E-state index is 14.1. The van der Waals surface area contributed by atoms with Gasteiger partial charge >= 0.3 is 11.9 Å². The van der Waals surface area contributed by atoms with Gasteiger partial charge in [0.15, 0.2) is 17.5 Å². The Kier molecular flexibility index (Phi) is 10.4. The molecule has 0 saturated carbocycles. The van der Waals surface area contributed by atoms with E-state index in [1.165, 1.54) is 19.5 Å². The highest BCUT2D eigenvalue weighted by atomic mass is 35.5. The largest absolute Gasteiger partial charge is 0.493 e. The lowest BCUT2D eigenvalue weighted by Crippen LogP contribution is -2.52. The van der Waals surface area contributed by atoms with Crippen LogP contribution in [0.3, 0.4) is 0 Å². The average molecular weight is 691 g/mol. The topological polar surface area (TPSA) is 110 Å². The van der Waals surface area contributed by atoms with Crippen molar-refractivity contribution in [2.24, 2.45) is 5.92 Å². The molecule has 3 aliphatic heterocycles. The van der Waals surface area contributed by atoms with E-state index < -0.39 is 23.9 Å². The predicted molar refractivity (Wildman–Crippen MR) is 185 cm³/mol. The highest BCUT2D eigenvalue weighted by Gasteiger charge is 2.38. The molecule has 0 amide bonds. The zero-order valence-electron chi connectivity index (χ0n) is 26.7. The lowest BCUT2D eigenvalue weighted by molar-refractivity contribution is -0.159. The number of carboxylic acid groups (broad SMARTS) is 1. The molecule has 250 valence electrons. The van der Waals surface area contributed by atoms with Gasteiger partial charge in [-0.3, -0.25) is 9.88 Å². The van der Waals surface area contributed by atoms with Crippen LogP contribution < -0.4 is 14.8 Å². The molecule has 1 unspecified atom stereocenters. The Labute approximate surface area is 289 Å². The number of methoxy groups -OCH3 is 2. The number of carboxylic acids is 1. The molecule has 7 rings (SSSR count). The molecule has 0 radical (unpaired) electrons. The number of anilines is 1. The number of carbonyl (C=O) groups is 2. The van der Waals surface area contributed by atoms with E-state index in [9.17, 15) is 14.7 Å². The first-order chi connectivity index (χ1) is 23.3. The molecule has 1 aromatic heterocycles. The molecule has 4 aromatic rings. The molecule has 11 heteroatoms. The first kappa shape index (κ1) is 33.6. The molecule has 3 fully saturated rings. The standard InChI is InChI=1S/C37H37Cl2N3O6/c1-46-31-12-11-24(17-32(31)47-2)26(18-27-28(38)19-40-20-29(27)39)34-25(36(43)44)9-6-10-30(34)41-35(23-7-4-3-5-8-23)37(45)48-33-21-42-15-13-22(33)14-16-42/h3-12,17,19-20,22,26,33,35,41H,13-16,18,21H2,1-2H3,(H,43,44)/t26-,33-,35?/m0/s1. The zero-order valence-corrected chi connectivity index (χ0v) is 28.2. The van der Waals surface area contributed by atoms with Crippen LogP contribution >= 0.6 is 23.2 Å². The minimum absolute atomic E-state index is 0.0543. The summed E-state index contributed by atoms with van der Waals surface area (Å²) in [5, 5.41) is 14.7. The van der Waals surface area contributed by atoms with E-state index in [1.807, 2.05) is 42.5 Å². The van der Waals surface area contributed by atoms with Crippen LogP contribution in [0.2, 0.25) is 10.0 Å². The lowest BCUT2D eigenvalue weighted by Gasteiger charge is -2.44.